The van der Waals surface area contributed by atoms with Gasteiger partial charge in [0.25, 0.3) is 5.91 Å². The normalized spacial score (nSPS) is 21.2. The maximum absolute atomic E-state index is 12.6. The number of nitrogens with zero attached hydrogens (tertiary/aromatic N) is 2. The van der Waals surface area contributed by atoms with Crippen molar-refractivity contribution in [1.82, 2.24) is 10.2 Å². The van der Waals surface area contributed by atoms with Crippen LogP contribution in [-0.2, 0) is 9.53 Å². The van der Waals surface area contributed by atoms with Gasteiger partial charge in [-0.2, -0.15) is 0 Å². The topological polar surface area (TPSA) is 61.9 Å². The molecule has 2 saturated heterocycles. The van der Waals surface area contributed by atoms with Crippen molar-refractivity contribution in [3.05, 3.63) is 29.8 Å². The van der Waals surface area contributed by atoms with Crippen LogP contribution in [0.5, 0.6) is 0 Å². The number of piperidine rings is 1. The van der Waals surface area contributed by atoms with E-state index < -0.39 is 0 Å². The van der Waals surface area contributed by atoms with Gasteiger partial charge in [-0.1, -0.05) is 0 Å². The second kappa shape index (κ2) is 7.87. The number of hydrogen-bond acceptors (Lipinski definition) is 4. The van der Waals surface area contributed by atoms with Gasteiger partial charge in [0.05, 0.1) is 0 Å². The SMILES string of the molecule is CN(C)c1ccc(C(=O)N2CCC(NC(=O)C3CCCO3)CC2)cc1. The largest absolute Gasteiger partial charge is 0.378 e. The summed E-state index contributed by atoms with van der Waals surface area (Å²) in [5.74, 6) is 0.0655. The molecule has 25 heavy (non-hydrogen) atoms. The van der Waals surface area contributed by atoms with E-state index in [9.17, 15) is 9.59 Å². The minimum absolute atomic E-state index is 0.00144. The van der Waals surface area contributed by atoms with E-state index in [-0.39, 0.29) is 24.0 Å². The van der Waals surface area contributed by atoms with Gasteiger partial charge in [-0.15, -0.1) is 0 Å². The Morgan fingerprint density at radius 1 is 1.12 bits per heavy atom. The van der Waals surface area contributed by atoms with E-state index in [4.69, 9.17) is 4.74 Å². The molecule has 0 saturated carbocycles. The Kier molecular flexibility index (Phi) is 5.58. The fraction of sp³-hybridized carbons (Fsp3) is 0.579. The number of likely N-dealkylation sites (tertiary alicyclic amines) is 1. The molecule has 2 amide bonds. The number of anilines is 1. The Morgan fingerprint density at radius 2 is 1.80 bits per heavy atom. The highest BCUT2D eigenvalue weighted by Gasteiger charge is 2.28. The van der Waals surface area contributed by atoms with Gasteiger partial charge in [0.15, 0.2) is 0 Å². The number of nitrogens with one attached hydrogen (secondary N) is 1. The molecule has 2 heterocycles. The Labute approximate surface area is 149 Å². The highest BCUT2D eigenvalue weighted by Crippen LogP contribution is 2.18. The Balaban J connectivity index is 1.49. The predicted molar refractivity (Wildman–Crippen MR) is 96.8 cm³/mol. The van der Waals surface area contributed by atoms with Crippen LogP contribution < -0.4 is 10.2 Å². The molecule has 2 aliphatic rings. The minimum atomic E-state index is -0.283. The number of benzene rings is 1. The van der Waals surface area contributed by atoms with Gasteiger partial charge in [0, 0.05) is 51.1 Å². The standard InChI is InChI=1S/C19H27N3O3/c1-21(2)16-7-5-14(6-8-16)19(24)22-11-9-15(10-12-22)20-18(23)17-4-3-13-25-17/h5-8,15,17H,3-4,9-13H2,1-2H3,(H,20,23). The van der Waals surface area contributed by atoms with Crippen molar-refractivity contribution < 1.29 is 14.3 Å². The van der Waals surface area contributed by atoms with Gasteiger partial charge >= 0.3 is 0 Å². The molecule has 1 aromatic carbocycles. The van der Waals surface area contributed by atoms with Crippen LogP contribution in [0.2, 0.25) is 0 Å². The average molecular weight is 345 g/mol. The lowest BCUT2D eigenvalue weighted by Crippen LogP contribution is -2.48. The Morgan fingerprint density at radius 3 is 2.36 bits per heavy atom. The summed E-state index contributed by atoms with van der Waals surface area (Å²) in [5.41, 5.74) is 1.79. The first-order valence-electron chi connectivity index (χ1n) is 9.03. The number of rotatable bonds is 4. The van der Waals surface area contributed by atoms with Crippen molar-refractivity contribution in [3.8, 4) is 0 Å². The molecule has 0 spiro atoms. The maximum atomic E-state index is 12.6. The third-order valence-corrected chi connectivity index (χ3v) is 4.98. The second-order valence-electron chi connectivity index (χ2n) is 7.02. The van der Waals surface area contributed by atoms with E-state index >= 15 is 0 Å². The van der Waals surface area contributed by atoms with Crippen LogP contribution in [0.3, 0.4) is 0 Å². The van der Waals surface area contributed by atoms with Gasteiger partial charge in [-0.3, -0.25) is 9.59 Å². The number of hydrogen-bond donors (Lipinski definition) is 1. The van der Waals surface area contributed by atoms with Gasteiger partial charge in [0.1, 0.15) is 6.10 Å². The third-order valence-electron chi connectivity index (χ3n) is 4.98. The lowest BCUT2D eigenvalue weighted by Gasteiger charge is -2.33. The van der Waals surface area contributed by atoms with E-state index in [2.05, 4.69) is 5.32 Å². The highest BCUT2D eigenvalue weighted by molar-refractivity contribution is 5.94. The molecule has 2 aliphatic heterocycles. The van der Waals surface area contributed by atoms with Crippen LogP contribution in [0.25, 0.3) is 0 Å². The lowest BCUT2D eigenvalue weighted by atomic mass is 10.0. The number of carbonyl (C=O) groups excluding carboxylic acids is 2. The zero-order valence-electron chi connectivity index (χ0n) is 15.0. The van der Waals surface area contributed by atoms with Gasteiger partial charge in [-0.05, 0) is 49.9 Å². The fourth-order valence-electron chi connectivity index (χ4n) is 3.39. The molecule has 0 aromatic heterocycles. The van der Waals surface area contributed by atoms with Crippen LogP contribution in [0.1, 0.15) is 36.0 Å². The molecule has 1 atom stereocenters. The van der Waals surface area contributed by atoms with Gasteiger partial charge in [-0.25, -0.2) is 0 Å². The molecule has 0 aliphatic carbocycles. The molecule has 0 radical (unpaired) electrons. The molecule has 3 rings (SSSR count). The first-order chi connectivity index (χ1) is 12.0. The van der Waals surface area contributed by atoms with Crippen molar-refractivity contribution in [3.63, 3.8) is 0 Å². The van der Waals surface area contributed by atoms with Crippen molar-refractivity contribution in [1.29, 1.82) is 0 Å². The summed E-state index contributed by atoms with van der Waals surface area (Å²) in [7, 11) is 3.96. The van der Waals surface area contributed by atoms with Gasteiger partial charge in [0.2, 0.25) is 5.91 Å². The monoisotopic (exact) mass is 345 g/mol. The summed E-state index contributed by atoms with van der Waals surface area (Å²) in [5, 5.41) is 3.07. The van der Waals surface area contributed by atoms with Crippen molar-refractivity contribution in [2.75, 3.05) is 38.7 Å². The van der Waals surface area contributed by atoms with E-state index in [0.717, 1.165) is 31.4 Å². The number of carbonyl (C=O) groups is 2. The van der Waals surface area contributed by atoms with E-state index in [1.807, 2.05) is 48.2 Å². The van der Waals surface area contributed by atoms with Crippen molar-refractivity contribution in [2.45, 2.75) is 37.8 Å². The summed E-state index contributed by atoms with van der Waals surface area (Å²) in [4.78, 5) is 28.6. The zero-order valence-corrected chi connectivity index (χ0v) is 15.0. The van der Waals surface area contributed by atoms with Crippen LogP contribution in [-0.4, -0.2) is 62.7 Å². The third kappa shape index (κ3) is 4.31. The van der Waals surface area contributed by atoms with Crippen LogP contribution in [0.4, 0.5) is 5.69 Å². The van der Waals surface area contributed by atoms with Gasteiger partial charge < -0.3 is 19.9 Å². The molecular formula is C19H27N3O3. The molecule has 2 fully saturated rings. The van der Waals surface area contributed by atoms with E-state index in [1.165, 1.54) is 0 Å². The summed E-state index contributed by atoms with van der Waals surface area (Å²) in [6.45, 7) is 2.02. The molecule has 1 unspecified atom stereocenters. The highest BCUT2D eigenvalue weighted by atomic mass is 16.5. The Hall–Kier alpha value is -2.08. The summed E-state index contributed by atoms with van der Waals surface area (Å²) in [6, 6.07) is 7.81. The van der Waals surface area contributed by atoms with Crippen LogP contribution in [0.15, 0.2) is 24.3 Å². The maximum Gasteiger partial charge on any atom is 0.253 e. The minimum Gasteiger partial charge on any atom is -0.378 e. The zero-order chi connectivity index (χ0) is 17.8. The summed E-state index contributed by atoms with van der Waals surface area (Å²) in [6.07, 6.45) is 3.07. The molecule has 6 nitrogen and oxygen atoms in total. The Bertz CT molecular complexity index is 601. The van der Waals surface area contributed by atoms with Crippen molar-refractivity contribution >= 4 is 17.5 Å². The second-order valence-corrected chi connectivity index (χ2v) is 7.02. The summed E-state index contributed by atoms with van der Waals surface area (Å²) < 4.78 is 5.42. The molecule has 1 N–H and O–H groups in total. The van der Waals surface area contributed by atoms with Crippen LogP contribution in [0, 0.1) is 0 Å². The molecule has 0 bridgehead atoms. The molecular weight excluding hydrogens is 318 g/mol. The lowest BCUT2D eigenvalue weighted by molar-refractivity contribution is -0.131. The molecule has 136 valence electrons. The van der Waals surface area contributed by atoms with E-state index in [1.54, 1.807) is 0 Å². The van der Waals surface area contributed by atoms with E-state index in [0.29, 0.717) is 25.3 Å². The quantitative estimate of drug-likeness (QED) is 0.901. The van der Waals surface area contributed by atoms with Crippen LogP contribution >= 0.6 is 0 Å². The average Bonchev–Trinajstić information content (AvgIpc) is 3.17. The smallest absolute Gasteiger partial charge is 0.253 e. The predicted octanol–water partition coefficient (Wildman–Crippen LogP) is 1.65. The molecule has 1 aromatic rings. The fourth-order valence-corrected chi connectivity index (χ4v) is 3.39. The number of ether oxygens (including phenoxy) is 1. The van der Waals surface area contributed by atoms with Crippen molar-refractivity contribution in [2.24, 2.45) is 0 Å². The number of amides is 2. The first-order valence-corrected chi connectivity index (χ1v) is 9.03. The summed E-state index contributed by atoms with van der Waals surface area (Å²) >= 11 is 0. The molecule has 6 heteroatoms. The first kappa shape index (κ1) is 17.7.